The molecular formula is C19H20N2O2S. The molecule has 2 aromatic heterocycles. The SMILES string of the molecule is Cc1noc(C)c1CCC(=O)N[C@H](c1ccccc1)c1cccs1. The molecule has 1 amide bonds. The van der Waals surface area contributed by atoms with E-state index >= 15 is 0 Å². The number of carbonyl (C=O) groups excluding carboxylic acids is 1. The molecule has 0 radical (unpaired) electrons. The largest absolute Gasteiger partial charge is 0.361 e. The van der Waals surface area contributed by atoms with E-state index in [1.165, 1.54) is 0 Å². The number of nitrogens with zero attached hydrogens (tertiary/aromatic N) is 1. The zero-order valence-corrected chi connectivity index (χ0v) is 14.6. The molecule has 0 saturated heterocycles. The fourth-order valence-electron chi connectivity index (χ4n) is 2.75. The molecule has 0 aliphatic carbocycles. The first-order valence-electron chi connectivity index (χ1n) is 7.94. The quantitative estimate of drug-likeness (QED) is 0.732. The molecule has 24 heavy (non-hydrogen) atoms. The van der Waals surface area contributed by atoms with Crippen LogP contribution < -0.4 is 5.32 Å². The second kappa shape index (κ2) is 7.45. The molecule has 1 aromatic carbocycles. The lowest BCUT2D eigenvalue weighted by Gasteiger charge is -2.18. The average molecular weight is 340 g/mol. The Balaban J connectivity index is 1.70. The van der Waals surface area contributed by atoms with Crippen LogP contribution in [0.4, 0.5) is 0 Å². The Morgan fingerprint density at radius 3 is 2.62 bits per heavy atom. The normalized spacial score (nSPS) is 12.1. The average Bonchev–Trinajstić information content (AvgIpc) is 3.23. The first kappa shape index (κ1) is 16.5. The molecular weight excluding hydrogens is 320 g/mol. The van der Waals surface area contributed by atoms with Crippen molar-refractivity contribution in [3.05, 3.63) is 75.3 Å². The summed E-state index contributed by atoms with van der Waals surface area (Å²) in [5.74, 6) is 0.815. The van der Waals surface area contributed by atoms with Crippen LogP contribution in [-0.4, -0.2) is 11.1 Å². The van der Waals surface area contributed by atoms with Gasteiger partial charge in [-0.2, -0.15) is 0 Å². The molecule has 0 fully saturated rings. The van der Waals surface area contributed by atoms with Crippen molar-refractivity contribution in [2.45, 2.75) is 32.7 Å². The van der Waals surface area contributed by atoms with Crippen molar-refractivity contribution in [3.8, 4) is 0 Å². The van der Waals surface area contributed by atoms with Crippen molar-refractivity contribution < 1.29 is 9.32 Å². The molecule has 0 aliphatic rings. The summed E-state index contributed by atoms with van der Waals surface area (Å²) in [4.78, 5) is 13.6. The molecule has 4 nitrogen and oxygen atoms in total. The number of benzene rings is 1. The second-order valence-corrected chi connectivity index (χ2v) is 6.71. The summed E-state index contributed by atoms with van der Waals surface area (Å²) in [5, 5.41) is 9.12. The van der Waals surface area contributed by atoms with Crippen molar-refractivity contribution in [2.75, 3.05) is 0 Å². The first-order chi connectivity index (χ1) is 11.6. The minimum Gasteiger partial charge on any atom is -0.361 e. The van der Waals surface area contributed by atoms with Gasteiger partial charge >= 0.3 is 0 Å². The number of carbonyl (C=O) groups is 1. The van der Waals surface area contributed by atoms with Gasteiger partial charge in [-0.1, -0.05) is 41.6 Å². The Hall–Kier alpha value is -2.40. The summed E-state index contributed by atoms with van der Waals surface area (Å²) in [7, 11) is 0. The van der Waals surface area contributed by atoms with Crippen molar-refractivity contribution in [1.82, 2.24) is 10.5 Å². The van der Waals surface area contributed by atoms with Crippen LogP contribution in [0.25, 0.3) is 0 Å². The number of hydrogen-bond donors (Lipinski definition) is 1. The van der Waals surface area contributed by atoms with Gasteiger partial charge in [-0.15, -0.1) is 11.3 Å². The topological polar surface area (TPSA) is 55.1 Å². The Labute approximate surface area is 145 Å². The smallest absolute Gasteiger partial charge is 0.221 e. The van der Waals surface area contributed by atoms with Crippen molar-refractivity contribution in [2.24, 2.45) is 0 Å². The molecule has 0 spiro atoms. The molecule has 2 heterocycles. The number of nitrogens with one attached hydrogen (secondary N) is 1. The van der Waals surface area contributed by atoms with Gasteiger partial charge in [0.2, 0.25) is 5.91 Å². The van der Waals surface area contributed by atoms with E-state index in [4.69, 9.17) is 4.52 Å². The predicted molar refractivity (Wildman–Crippen MR) is 95.0 cm³/mol. The van der Waals surface area contributed by atoms with Crippen LogP contribution in [0.1, 0.15) is 39.9 Å². The first-order valence-corrected chi connectivity index (χ1v) is 8.82. The molecule has 3 rings (SSSR count). The standard InChI is InChI=1S/C19H20N2O2S/c1-13-16(14(2)23-21-13)10-11-18(22)20-19(17-9-6-12-24-17)15-7-4-3-5-8-15/h3-9,12,19H,10-11H2,1-2H3,(H,20,22)/t19-/m1/s1. The molecule has 0 bridgehead atoms. The Morgan fingerprint density at radius 2 is 2.00 bits per heavy atom. The van der Waals surface area contributed by atoms with Gasteiger partial charge in [-0.05, 0) is 37.3 Å². The highest BCUT2D eigenvalue weighted by molar-refractivity contribution is 7.10. The van der Waals surface area contributed by atoms with Gasteiger partial charge in [0, 0.05) is 16.9 Å². The van der Waals surface area contributed by atoms with Gasteiger partial charge < -0.3 is 9.84 Å². The van der Waals surface area contributed by atoms with Crippen molar-refractivity contribution in [3.63, 3.8) is 0 Å². The van der Waals surface area contributed by atoms with Crippen LogP contribution in [-0.2, 0) is 11.2 Å². The van der Waals surface area contributed by atoms with Crippen LogP contribution in [0, 0.1) is 13.8 Å². The fraction of sp³-hybridized carbons (Fsp3) is 0.263. The van der Waals surface area contributed by atoms with E-state index < -0.39 is 0 Å². The molecule has 1 atom stereocenters. The summed E-state index contributed by atoms with van der Waals surface area (Å²) in [5.41, 5.74) is 2.97. The predicted octanol–water partition coefficient (Wildman–Crippen LogP) is 4.19. The van der Waals surface area contributed by atoms with Gasteiger partial charge in [0.15, 0.2) is 0 Å². The zero-order chi connectivity index (χ0) is 16.9. The van der Waals surface area contributed by atoms with Crippen LogP contribution in [0.2, 0.25) is 0 Å². The maximum absolute atomic E-state index is 12.5. The Morgan fingerprint density at radius 1 is 1.21 bits per heavy atom. The van der Waals surface area contributed by atoms with Crippen molar-refractivity contribution >= 4 is 17.2 Å². The van der Waals surface area contributed by atoms with Crippen LogP contribution in [0.15, 0.2) is 52.4 Å². The number of amides is 1. The molecule has 3 aromatic rings. The van der Waals surface area contributed by atoms with E-state index in [2.05, 4.69) is 16.5 Å². The highest BCUT2D eigenvalue weighted by Crippen LogP contribution is 2.26. The van der Waals surface area contributed by atoms with E-state index in [0.717, 1.165) is 27.5 Å². The molecule has 0 unspecified atom stereocenters. The van der Waals surface area contributed by atoms with E-state index in [0.29, 0.717) is 12.8 Å². The van der Waals surface area contributed by atoms with Gasteiger partial charge in [-0.25, -0.2) is 0 Å². The number of aryl methyl sites for hydroxylation is 2. The Kier molecular flexibility index (Phi) is 5.11. The lowest BCUT2D eigenvalue weighted by Crippen LogP contribution is -2.29. The molecule has 1 N–H and O–H groups in total. The summed E-state index contributed by atoms with van der Waals surface area (Å²) >= 11 is 1.65. The van der Waals surface area contributed by atoms with Gasteiger partial charge in [0.1, 0.15) is 5.76 Å². The highest BCUT2D eigenvalue weighted by Gasteiger charge is 2.18. The molecule has 124 valence electrons. The third-order valence-electron chi connectivity index (χ3n) is 4.05. The molecule has 0 aliphatic heterocycles. The number of rotatable bonds is 6. The third-order valence-corrected chi connectivity index (χ3v) is 4.99. The lowest BCUT2D eigenvalue weighted by molar-refractivity contribution is -0.121. The zero-order valence-electron chi connectivity index (χ0n) is 13.8. The monoisotopic (exact) mass is 340 g/mol. The lowest BCUT2D eigenvalue weighted by atomic mass is 10.0. The summed E-state index contributed by atoms with van der Waals surface area (Å²) in [6, 6.07) is 14.0. The van der Waals surface area contributed by atoms with Crippen LogP contribution in [0.3, 0.4) is 0 Å². The van der Waals surface area contributed by atoms with E-state index in [1.54, 1.807) is 11.3 Å². The second-order valence-electron chi connectivity index (χ2n) is 5.73. The maximum atomic E-state index is 12.5. The van der Waals surface area contributed by atoms with E-state index in [-0.39, 0.29) is 11.9 Å². The highest BCUT2D eigenvalue weighted by atomic mass is 32.1. The Bertz CT molecular complexity index is 775. The fourth-order valence-corrected chi connectivity index (χ4v) is 3.55. The minimum absolute atomic E-state index is 0.0252. The van der Waals surface area contributed by atoms with Gasteiger partial charge in [-0.3, -0.25) is 4.79 Å². The third kappa shape index (κ3) is 3.74. The van der Waals surface area contributed by atoms with Crippen LogP contribution in [0.5, 0.6) is 0 Å². The number of aromatic nitrogens is 1. The maximum Gasteiger partial charge on any atom is 0.221 e. The number of hydrogen-bond acceptors (Lipinski definition) is 4. The van der Waals surface area contributed by atoms with Gasteiger partial charge in [0.05, 0.1) is 11.7 Å². The summed E-state index contributed by atoms with van der Waals surface area (Å²) < 4.78 is 5.16. The molecule has 5 heteroatoms. The van der Waals surface area contributed by atoms with E-state index in [1.807, 2.05) is 55.6 Å². The summed E-state index contributed by atoms with van der Waals surface area (Å²) in [6.45, 7) is 3.79. The molecule has 0 saturated carbocycles. The summed E-state index contributed by atoms with van der Waals surface area (Å²) in [6.07, 6.45) is 1.05. The minimum atomic E-state index is -0.108. The van der Waals surface area contributed by atoms with Crippen molar-refractivity contribution in [1.29, 1.82) is 0 Å². The van der Waals surface area contributed by atoms with E-state index in [9.17, 15) is 4.79 Å². The van der Waals surface area contributed by atoms with Gasteiger partial charge in [0.25, 0.3) is 0 Å². The number of thiophene rings is 1. The van der Waals surface area contributed by atoms with Crippen LogP contribution >= 0.6 is 11.3 Å².